The van der Waals surface area contributed by atoms with E-state index in [1.165, 1.54) is 16.8 Å². The number of Topliss-reactive ketones (excluding diaryl/α,β-unsaturated/α-hetero) is 1. The van der Waals surface area contributed by atoms with E-state index in [0.717, 1.165) is 39.7 Å². The Kier molecular flexibility index (Phi) is 6.47. The summed E-state index contributed by atoms with van der Waals surface area (Å²) in [5.41, 5.74) is 11.3. The summed E-state index contributed by atoms with van der Waals surface area (Å²) in [6.07, 6.45) is 1.75. The predicted molar refractivity (Wildman–Crippen MR) is 188 cm³/mol. The van der Waals surface area contributed by atoms with Crippen LogP contribution in [0.4, 0.5) is 17.1 Å². The molecule has 2 aliphatic rings. The van der Waals surface area contributed by atoms with Crippen molar-refractivity contribution in [3.8, 4) is 17.2 Å². The van der Waals surface area contributed by atoms with Crippen molar-refractivity contribution in [2.24, 2.45) is 0 Å². The second kappa shape index (κ2) is 10.7. The van der Waals surface area contributed by atoms with Gasteiger partial charge in [-0.2, -0.15) is 8.75 Å². The molecule has 6 nitrogen and oxygen atoms in total. The average Bonchev–Trinajstić information content (AvgIpc) is 3.70. The van der Waals surface area contributed by atoms with Gasteiger partial charge < -0.3 is 4.90 Å². The SMILES string of the molecule is [C-]#[N+]/C(C#N)=C1\C(=C\c2ccc(-c3ccc4c(c3)C(C)(C)c3ccccc3N4c3ccccc3)c3nsnc23)C(=O)c2ccccc21. The van der Waals surface area contributed by atoms with Crippen molar-refractivity contribution < 1.29 is 4.79 Å². The Morgan fingerprint density at radius 3 is 2.32 bits per heavy atom. The number of allylic oxidation sites excluding steroid dienone is 3. The number of anilines is 3. The fourth-order valence-corrected chi connectivity index (χ4v) is 7.53. The van der Waals surface area contributed by atoms with Gasteiger partial charge in [-0.25, -0.2) is 10.1 Å². The van der Waals surface area contributed by atoms with Crippen LogP contribution < -0.4 is 4.90 Å². The maximum atomic E-state index is 13.6. The molecule has 7 heteroatoms. The van der Waals surface area contributed by atoms with E-state index >= 15 is 0 Å². The number of para-hydroxylation sites is 2. The lowest BCUT2D eigenvalue weighted by Gasteiger charge is -2.42. The maximum absolute atomic E-state index is 13.6. The Morgan fingerprint density at radius 2 is 1.53 bits per heavy atom. The van der Waals surface area contributed by atoms with Crippen LogP contribution in [0.5, 0.6) is 0 Å². The van der Waals surface area contributed by atoms with E-state index in [1.54, 1.807) is 24.3 Å². The second-order valence-electron chi connectivity index (χ2n) is 12.1. The Balaban J connectivity index is 1.28. The van der Waals surface area contributed by atoms with E-state index in [9.17, 15) is 10.1 Å². The minimum absolute atomic E-state index is 0.110. The van der Waals surface area contributed by atoms with E-state index in [1.807, 2.05) is 30.3 Å². The number of ketones is 1. The molecule has 1 aromatic heterocycles. The summed E-state index contributed by atoms with van der Waals surface area (Å²) in [5, 5.41) is 9.76. The number of nitriles is 1. The molecular weight excluding hydrogens is 599 g/mol. The quantitative estimate of drug-likeness (QED) is 0.111. The lowest BCUT2D eigenvalue weighted by molar-refractivity contribution is 0.104. The van der Waals surface area contributed by atoms with Gasteiger partial charge in [-0.1, -0.05) is 92.7 Å². The first-order valence-corrected chi connectivity index (χ1v) is 15.9. The fourth-order valence-electron chi connectivity index (χ4n) is 6.95. The molecule has 1 aliphatic carbocycles. The van der Waals surface area contributed by atoms with E-state index in [2.05, 4.69) is 94.7 Å². The number of hydrogen-bond donors (Lipinski definition) is 0. The number of hydrogen-bond acceptors (Lipinski definition) is 6. The number of benzene rings is 5. The summed E-state index contributed by atoms with van der Waals surface area (Å²) in [6.45, 7) is 12.2. The largest absolute Gasteiger partial charge is 0.310 e. The fraction of sp³-hybridized carbons (Fsp3) is 0.0750. The van der Waals surface area contributed by atoms with Gasteiger partial charge in [-0.05, 0) is 58.7 Å². The van der Waals surface area contributed by atoms with Crippen LogP contribution in [0.2, 0.25) is 0 Å². The van der Waals surface area contributed by atoms with Gasteiger partial charge >= 0.3 is 0 Å². The van der Waals surface area contributed by atoms with Crippen molar-refractivity contribution in [3.63, 3.8) is 0 Å². The summed E-state index contributed by atoms with van der Waals surface area (Å²) >= 11 is 1.12. The molecule has 0 atom stereocenters. The van der Waals surface area contributed by atoms with Crippen molar-refractivity contribution in [1.29, 1.82) is 5.26 Å². The Labute approximate surface area is 276 Å². The molecule has 0 unspecified atom stereocenters. The number of fused-ring (bicyclic) bond motifs is 4. The lowest BCUT2D eigenvalue weighted by atomic mass is 9.73. The van der Waals surface area contributed by atoms with Crippen molar-refractivity contribution in [3.05, 3.63) is 160 Å². The zero-order valence-corrected chi connectivity index (χ0v) is 26.3. The number of carbonyl (C=O) groups is 1. The molecule has 0 saturated carbocycles. The third-order valence-electron chi connectivity index (χ3n) is 9.21. The third-order valence-corrected chi connectivity index (χ3v) is 9.74. The van der Waals surface area contributed by atoms with Crippen LogP contribution >= 0.6 is 11.7 Å². The van der Waals surface area contributed by atoms with Crippen molar-refractivity contribution in [1.82, 2.24) is 8.75 Å². The molecule has 0 spiro atoms. The molecule has 0 saturated heterocycles. The number of rotatable bonds is 3. The summed E-state index contributed by atoms with van der Waals surface area (Å²) in [6, 6.07) is 38.7. The second-order valence-corrected chi connectivity index (χ2v) is 12.6. The summed E-state index contributed by atoms with van der Waals surface area (Å²) < 4.78 is 9.37. The Bertz CT molecular complexity index is 2420. The average molecular weight is 624 g/mol. The van der Waals surface area contributed by atoms with Gasteiger partial charge in [-0.15, -0.1) is 0 Å². The van der Waals surface area contributed by atoms with Crippen LogP contribution in [0.1, 0.15) is 46.5 Å². The van der Waals surface area contributed by atoms with Crippen LogP contribution in [0.15, 0.2) is 120 Å². The molecule has 0 N–H and O–H groups in total. The summed E-state index contributed by atoms with van der Waals surface area (Å²) in [4.78, 5) is 19.4. The Morgan fingerprint density at radius 1 is 0.830 bits per heavy atom. The molecule has 0 bridgehead atoms. The molecule has 222 valence electrons. The molecule has 0 amide bonds. The minimum Gasteiger partial charge on any atom is -0.310 e. The van der Waals surface area contributed by atoms with Crippen molar-refractivity contribution in [2.75, 3.05) is 4.90 Å². The van der Waals surface area contributed by atoms with Crippen molar-refractivity contribution in [2.45, 2.75) is 19.3 Å². The van der Waals surface area contributed by atoms with E-state index in [0.29, 0.717) is 33.4 Å². The minimum atomic E-state index is -0.265. The molecule has 8 rings (SSSR count). The molecular formula is C40H25N5OS. The van der Waals surface area contributed by atoms with Crippen LogP contribution in [-0.4, -0.2) is 14.5 Å². The number of nitrogens with zero attached hydrogens (tertiary/aromatic N) is 5. The predicted octanol–water partition coefficient (Wildman–Crippen LogP) is 9.90. The van der Waals surface area contributed by atoms with Gasteiger partial charge in [-0.3, -0.25) is 4.79 Å². The van der Waals surface area contributed by atoms with Gasteiger partial charge in [0.25, 0.3) is 5.70 Å². The highest BCUT2D eigenvalue weighted by molar-refractivity contribution is 7.00. The monoisotopic (exact) mass is 623 g/mol. The van der Waals surface area contributed by atoms with Gasteiger partial charge in [0, 0.05) is 38.9 Å². The van der Waals surface area contributed by atoms with Gasteiger partial charge in [0.1, 0.15) is 11.0 Å². The zero-order valence-electron chi connectivity index (χ0n) is 25.5. The summed E-state index contributed by atoms with van der Waals surface area (Å²) in [7, 11) is 0. The normalized spacial score (nSPS) is 16.3. The highest BCUT2D eigenvalue weighted by atomic mass is 32.1. The molecule has 47 heavy (non-hydrogen) atoms. The van der Waals surface area contributed by atoms with Gasteiger partial charge in [0.15, 0.2) is 5.78 Å². The molecule has 5 aromatic carbocycles. The standard InChI is InChI=1S/C40H25N5OS/c1-40(2)31-15-9-10-16-34(31)45(26-11-5-4-6-12-26)35-20-18-24(22-32(35)40)27-19-17-25(37-38(27)44-47-43-37)21-30-36(33(23-41)42-3)28-13-7-8-14-29(28)39(30)46/h4-22H,1-2H3/b30-21-,36-33-. The maximum Gasteiger partial charge on any atom is 0.270 e. The van der Waals surface area contributed by atoms with E-state index in [4.69, 9.17) is 10.9 Å². The van der Waals surface area contributed by atoms with Crippen LogP contribution in [0.25, 0.3) is 38.7 Å². The van der Waals surface area contributed by atoms with E-state index in [-0.39, 0.29) is 16.9 Å². The highest BCUT2D eigenvalue weighted by Crippen LogP contribution is 2.52. The van der Waals surface area contributed by atoms with Crippen LogP contribution in [0.3, 0.4) is 0 Å². The summed E-state index contributed by atoms with van der Waals surface area (Å²) in [5.74, 6) is -0.215. The van der Waals surface area contributed by atoms with Crippen LogP contribution in [-0.2, 0) is 5.41 Å². The first-order chi connectivity index (χ1) is 22.9. The van der Waals surface area contributed by atoms with Gasteiger partial charge in [0.05, 0.1) is 35.7 Å². The van der Waals surface area contributed by atoms with Crippen molar-refractivity contribution >= 4 is 57.3 Å². The smallest absolute Gasteiger partial charge is 0.270 e. The number of aromatic nitrogens is 2. The molecule has 6 aromatic rings. The molecule has 1 aliphatic heterocycles. The molecule has 2 heterocycles. The van der Waals surface area contributed by atoms with Gasteiger partial charge in [0.2, 0.25) is 0 Å². The molecule has 0 radical (unpaired) electrons. The highest BCUT2D eigenvalue weighted by Gasteiger charge is 2.37. The first kappa shape index (κ1) is 28.3. The first-order valence-electron chi connectivity index (χ1n) is 15.1. The lowest BCUT2D eigenvalue weighted by Crippen LogP contribution is -2.30. The third kappa shape index (κ3) is 4.25. The number of carbonyl (C=O) groups excluding carboxylic acids is 1. The zero-order chi connectivity index (χ0) is 32.3. The van der Waals surface area contributed by atoms with Crippen LogP contribution in [0, 0.1) is 17.9 Å². The molecule has 0 fully saturated rings. The topological polar surface area (TPSA) is 74.2 Å². The van der Waals surface area contributed by atoms with E-state index < -0.39 is 0 Å². The Hall–Kier alpha value is -6.15.